The van der Waals surface area contributed by atoms with Gasteiger partial charge in [-0.25, -0.2) is 13.1 Å². The Balaban J connectivity index is 2.16. The van der Waals surface area contributed by atoms with Gasteiger partial charge in [0.1, 0.15) is 5.75 Å². The van der Waals surface area contributed by atoms with Gasteiger partial charge in [0.15, 0.2) is 0 Å². The number of benzene rings is 2. The first kappa shape index (κ1) is 18.0. The molecule has 0 fully saturated rings. The molecular formula is C17H20N2O4S. The zero-order valence-electron chi connectivity index (χ0n) is 13.8. The largest absolute Gasteiger partial charge is 0.496 e. The lowest BCUT2D eigenvalue weighted by atomic mass is 10.1. The lowest BCUT2D eigenvalue weighted by molar-refractivity contribution is 0.0784. The Morgan fingerprint density at radius 1 is 1.12 bits per heavy atom. The number of amides is 1. The summed E-state index contributed by atoms with van der Waals surface area (Å²) in [7, 11) is 1.11. The van der Waals surface area contributed by atoms with E-state index in [0.29, 0.717) is 17.9 Å². The summed E-state index contributed by atoms with van der Waals surface area (Å²) in [6.07, 6.45) is 0. The van der Waals surface area contributed by atoms with Crippen molar-refractivity contribution in [2.45, 2.75) is 11.4 Å². The highest BCUT2D eigenvalue weighted by molar-refractivity contribution is 7.89. The topological polar surface area (TPSA) is 75.7 Å². The molecule has 0 heterocycles. The van der Waals surface area contributed by atoms with Gasteiger partial charge in [0.2, 0.25) is 10.0 Å². The van der Waals surface area contributed by atoms with Gasteiger partial charge in [0.05, 0.1) is 12.0 Å². The Morgan fingerprint density at radius 2 is 1.75 bits per heavy atom. The maximum Gasteiger partial charge on any atom is 0.253 e. The van der Waals surface area contributed by atoms with E-state index in [-0.39, 0.29) is 10.8 Å². The van der Waals surface area contributed by atoms with Crippen LogP contribution >= 0.6 is 0 Å². The molecule has 0 aliphatic heterocycles. The number of nitrogens with zero attached hydrogens (tertiary/aromatic N) is 1. The monoisotopic (exact) mass is 348 g/mol. The van der Waals surface area contributed by atoms with Gasteiger partial charge in [0, 0.05) is 24.7 Å². The first-order valence-corrected chi connectivity index (χ1v) is 8.78. The third-order valence-electron chi connectivity index (χ3n) is 3.63. The predicted octanol–water partition coefficient (Wildman–Crippen LogP) is 1.88. The summed E-state index contributed by atoms with van der Waals surface area (Å²) >= 11 is 0. The van der Waals surface area contributed by atoms with Crippen LogP contribution in [0.2, 0.25) is 0 Å². The third-order valence-corrected chi connectivity index (χ3v) is 5.06. The molecule has 6 nitrogen and oxygen atoms in total. The molecule has 0 saturated carbocycles. The summed E-state index contributed by atoms with van der Waals surface area (Å²) < 4.78 is 30.9. The van der Waals surface area contributed by atoms with E-state index in [1.165, 1.54) is 31.3 Å². The molecule has 24 heavy (non-hydrogen) atoms. The maximum atomic E-state index is 12.5. The predicted molar refractivity (Wildman–Crippen MR) is 91.5 cm³/mol. The molecule has 2 rings (SSSR count). The van der Waals surface area contributed by atoms with E-state index in [1.54, 1.807) is 19.1 Å². The van der Waals surface area contributed by atoms with Crippen molar-refractivity contribution in [3.05, 3.63) is 59.7 Å². The number of para-hydroxylation sites is 1. The Kier molecular flexibility index (Phi) is 5.58. The van der Waals surface area contributed by atoms with Gasteiger partial charge >= 0.3 is 0 Å². The van der Waals surface area contributed by atoms with Crippen LogP contribution in [-0.4, -0.2) is 40.4 Å². The van der Waals surface area contributed by atoms with E-state index >= 15 is 0 Å². The Labute approximate surface area is 142 Å². The van der Waals surface area contributed by atoms with Crippen LogP contribution in [0.5, 0.6) is 5.75 Å². The van der Waals surface area contributed by atoms with Crippen molar-refractivity contribution in [2.24, 2.45) is 0 Å². The van der Waals surface area contributed by atoms with Crippen LogP contribution < -0.4 is 9.46 Å². The molecule has 1 N–H and O–H groups in total. The SMILES string of the molecule is CNS(=O)(=O)c1ccc(C(=O)N(C)Cc2ccccc2OC)cc1. The molecule has 0 aromatic heterocycles. The molecule has 0 radical (unpaired) electrons. The molecule has 7 heteroatoms. The van der Waals surface area contributed by atoms with Crippen molar-refractivity contribution in [3.63, 3.8) is 0 Å². The van der Waals surface area contributed by atoms with Crippen LogP contribution in [0.25, 0.3) is 0 Å². The number of methoxy groups -OCH3 is 1. The smallest absolute Gasteiger partial charge is 0.253 e. The van der Waals surface area contributed by atoms with Crippen LogP contribution in [0.3, 0.4) is 0 Å². The number of hydrogen-bond acceptors (Lipinski definition) is 4. The molecule has 2 aromatic rings. The molecule has 0 saturated heterocycles. The van der Waals surface area contributed by atoms with E-state index in [9.17, 15) is 13.2 Å². The molecule has 0 unspecified atom stereocenters. The summed E-state index contributed by atoms with van der Waals surface area (Å²) in [6.45, 7) is 0.388. The summed E-state index contributed by atoms with van der Waals surface area (Å²) in [5.74, 6) is 0.516. The Bertz CT molecular complexity index is 817. The maximum absolute atomic E-state index is 12.5. The number of ether oxygens (including phenoxy) is 1. The van der Waals surface area contributed by atoms with E-state index in [0.717, 1.165) is 5.56 Å². The van der Waals surface area contributed by atoms with Gasteiger partial charge in [-0.05, 0) is 37.4 Å². The van der Waals surface area contributed by atoms with Gasteiger partial charge < -0.3 is 9.64 Å². The van der Waals surface area contributed by atoms with Crippen molar-refractivity contribution in [2.75, 3.05) is 21.2 Å². The quantitative estimate of drug-likeness (QED) is 0.865. The first-order valence-electron chi connectivity index (χ1n) is 7.30. The molecule has 0 bridgehead atoms. The van der Waals surface area contributed by atoms with Crippen LogP contribution in [-0.2, 0) is 16.6 Å². The van der Waals surface area contributed by atoms with Crippen molar-refractivity contribution in [1.29, 1.82) is 0 Å². The van der Waals surface area contributed by atoms with Gasteiger partial charge in [-0.3, -0.25) is 4.79 Å². The highest BCUT2D eigenvalue weighted by Gasteiger charge is 2.16. The minimum absolute atomic E-state index is 0.119. The van der Waals surface area contributed by atoms with E-state index in [1.807, 2.05) is 24.3 Å². The molecule has 2 aromatic carbocycles. The van der Waals surface area contributed by atoms with Crippen molar-refractivity contribution >= 4 is 15.9 Å². The van der Waals surface area contributed by atoms with E-state index < -0.39 is 10.0 Å². The van der Waals surface area contributed by atoms with Crippen LogP contribution in [0, 0.1) is 0 Å². The second-order valence-corrected chi connectivity index (χ2v) is 7.09. The average Bonchev–Trinajstić information content (AvgIpc) is 2.61. The lowest BCUT2D eigenvalue weighted by Gasteiger charge is -2.19. The van der Waals surface area contributed by atoms with Crippen molar-refractivity contribution < 1.29 is 17.9 Å². The average molecular weight is 348 g/mol. The van der Waals surface area contributed by atoms with Crippen LogP contribution in [0.1, 0.15) is 15.9 Å². The number of carbonyl (C=O) groups excluding carboxylic acids is 1. The van der Waals surface area contributed by atoms with Gasteiger partial charge in [0.25, 0.3) is 5.91 Å². The Morgan fingerprint density at radius 3 is 2.33 bits per heavy atom. The van der Waals surface area contributed by atoms with Gasteiger partial charge in [-0.1, -0.05) is 18.2 Å². The summed E-state index contributed by atoms with van der Waals surface area (Å²) in [5.41, 5.74) is 1.31. The lowest BCUT2D eigenvalue weighted by Crippen LogP contribution is -2.26. The number of hydrogen-bond donors (Lipinski definition) is 1. The molecule has 1 amide bonds. The summed E-state index contributed by atoms with van der Waals surface area (Å²) in [4.78, 5) is 14.2. The van der Waals surface area contributed by atoms with E-state index in [2.05, 4.69) is 4.72 Å². The highest BCUT2D eigenvalue weighted by Crippen LogP contribution is 2.20. The fraction of sp³-hybridized carbons (Fsp3) is 0.235. The zero-order chi connectivity index (χ0) is 17.7. The zero-order valence-corrected chi connectivity index (χ0v) is 14.6. The highest BCUT2D eigenvalue weighted by atomic mass is 32.2. The molecule has 0 aliphatic rings. The van der Waals surface area contributed by atoms with Crippen LogP contribution in [0.4, 0.5) is 0 Å². The van der Waals surface area contributed by atoms with Crippen LogP contribution in [0.15, 0.2) is 53.4 Å². The normalized spacial score (nSPS) is 11.1. The summed E-state index contributed by atoms with van der Waals surface area (Å²) in [6, 6.07) is 13.3. The molecule has 0 spiro atoms. The number of nitrogens with one attached hydrogen (secondary N) is 1. The fourth-order valence-corrected chi connectivity index (χ4v) is 3.01. The second kappa shape index (κ2) is 7.46. The number of sulfonamides is 1. The molecular weight excluding hydrogens is 328 g/mol. The Hall–Kier alpha value is -2.38. The molecule has 128 valence electrons. The standard InChI is InChI=1S/C17H20N2O4S/c1-18-24(21,22)15-10-8-13(9-11-15)17(20)19(2)12-14-6-4-5-7-16(14)23-3/h4-11,18H,12H2,1-3H3. The minimum atomic E-state index is -3.51. The minimum Gasteiger partial charge on any atom is -0.496 e. The number of carbonyl (C=O) groups is 1. The van der Waals surface area contributed by atoms with E-state index in [4.69, 9.17) is 4.74 Å². The molecule has 0 atom stereocenters. The third kappa shape index (κ3) is 3.93. The second-order valence-electron chi connectivity index (χ2n) is 5.21. The van der Waals surface area contributed by atoms with Gasteiger partial charge in [-0.15, -0.1) is 0 Å². The van der Waals surface area contributed by atoms with Crippen molar-refractivity contribution in [3.8, 4) is 5.75 Å². The fourth-order valence-electron chi connectivity index (χ4n) is 2.28. The number of rotatable bonds is 6. The first-order chi connectivity index (χ1) is 11.4. The molecule has 0 aliphatic carbocycles. The van der Waals surface area contributed by atoms with Gasteiger partial charge in [-0.2, -0.15) is 0 Å². The summed E-state index contributed by atoms with van der Waals surface area (Å²) in [5, 5.41) is 0. The van der Waals surface area contributed by atoms with Crippen molar-refractivity contribution in [1.82, 2.24) is 9.62 Å².